The minimum Gasteiger partial charge on any atom is -0.481 e. The van der Waals surface area contributed by atoms with Gasteiger partial charge < -0.3 is 9.47 Å². The molecule has 1 heterocycles. The van der Waals surface area contributed by atoms with Crippen molar-refractivity contribution in [2.24, 2.45) is 5.92 Å². The molecule has 134 valence electrons. The number of ketones is 1. The van der Waals surface area contributed by atoms with E-state index in [2.05, 4.69) is 11.3 Å². The molecule has 2 aromatic rings. The van der Waals surface area contributed by atoms with Crippen molar-refractivity contribution in [1.82, 2.24) is 0 Å². The van der Waals surface area contributed by atoms with Crippen LogP contribution in [0.5, 0.6) is 5.75 Å². The van der Waals surface area contributed by atoms with Gasteiger partial charge in [0, 0.05) is 12.0 Å². The molecule has 0 bridgehead atoms. The smallest absolute Gasteiger partial charge is 0.364 e. The lowest BCUT2D eigenvalue weighted by molar-refractivity contribution is -0.367. The molecule has 1 aliphatic heterocycles. The molecule has 0 amide bonds. The van der Waals surface area contributed by atoms with Gasteiger partial charge in [0.25, 0.3) is 0 Å². The first-order chi connectivity index (χ1) is 12.4. The summed E-state index contributed by atoms with van der Waals surface area (Å²) < 4.78 is 37.8. The monoisotopic (exact) mass is 356 g/mol. The van der Waals surface area contributed by atoms with Crippen LogP contribution in [-0.4, -0.2) is 24.6 Å². The molecular weight excluding hydrogens is 338 g/mol. The minimum absolute atomic E-state index is 0.188. The van der Waals surface area contributed by atoms with Crippen molar-refractivity contribution in [3.63, 3.8) is 0 Å². The van der Waals surface area contributed by atoms with Crippen LogP contribution >= 0.6 is 0 Å². The predicted octanol–water partition coefficient (Wildman–Crippen LogP) is 4.39. The number of fused-ring (bicyclic) bond motifs is 3. The maximum atomic E-state index is 13.8. The van der Waals surface area contributed by atoms with Crippen LogP contribution in [-0.2, 0) is 16.0 Å². The van der Waals surface area contributed by atoms with Gasteiger partial charge in [-0.25, -0.2) is 0 Å². The summed E-state index contributed by atoms with van der Waals surface area (Å²) in [6.45, 7) is 4.88. The average Bonchev–Trinajstić information content (AvgIpc) is 2.99. The zero-order valence-corrected chi connectivity index (χ0v) is 14.3. The molecule has 1 aliphatic carbocycles. The highest BCUT2D eigenvalue weighted by Crippen LogP contribution is 2.44. The van der Waals surface area contributed by atoms with E-state index in [1.807, 2.05) is 36.4 Å². The molecule has 1 fully saturated rings. The van der Waals surface area contributed by atoms with Gasteiger partial charge in [0.2, 0.25) is 0 Å². The van der Waals surface area contributed by atoms with Crippen molar-refractivity contribution in [1.29, 1.82) is 0 Å². The summed E-state index contributed by atoms with van der Waals surface area (Å²) in [4.78, 5) is 12.5. The van der Waals surface area contributed by atoms with Crippen LogP contribution in [0.3, 0.4) is 0 Å². The summed E-state index contributed by atoms with van der Waals surface area (Å²) in [5.74, 6) is -1.38. The second-order valence-corrected chi connectivity index (χ2v) is 6.78. The number of rotatable bonds is 5. The van der Waals surface area contributed by atoms with Crippen LogP contribution in [0, 0.1) is 5.92 Å². The van der Waals surface area contributed by atoms with E-state index in [1.165, 1.54) is 6.92 Å². The van der Waals surface area contributed by atoms with Gasteiger partial charge in [0.1, 0.15) is 11.7 Å². The van der Waals surface area contributed by atoms with Crippen molar-refractivity contribution >= 4 is 5.78 Å². The molecular formula is C21H18F2O3. The normalized spacial score (nSPS) is 20.5. The Morgan fingerprint density at radius 1 is 1.23 bits per heavy atom. The Labute approximate surface area is 150 Å². The number of benzene rings is 2. The molecule has 0 aromatic heterocycles. The molecule has 1 saturated heterocycles. The summed E-state index contributed by atoms with van der Waals surface area (Å²) in [7, 11) is 0. The number of hydrogen-bond donors (Lipinski definition) is 0. The Bertz CT molecular complexity index is 904. The number of ether oxygens (including phenoxy) is 2. The number of hydrogen-bond acceptors (Lipinski definition) is 3. The lowest BCUT2D eigenvalue weighted by atomic mass is 9.91. The maximum Gasteiger partial charge on any atom is 0.364 e. The highest BCUT2D eigenvalue weighted by Gasteiger charge is 2.57. The predicted molar refractivity (Wildman–Crippen MR) is 93.3 cm³/mol. The zero-order valence-electron chi connectivity index (χ0n) is 14.3. The van der Waals surface area contributed by atoms with Crippen molar-refractivity contribution in [3.8, 4) is 16.9 Å². The Hall–Kier alpha value is -2.53. The lowest BCUT2D eigenvalue weighted by Crippen LogP contribution is -2.56. The molecule has 2 atom stereocenters. The molecule has 2 aliphatic rings. The molecule has 5 heteroatoms. The van der Waals surface area contributed by atoms with E-state index >= 15 is 0 Å². The van der Waals surface area contributed by atoms with Gasteiger partial charge in [-0.3, -0.25) is 4.79 Å². The van der Waals surface area contributed by atoms with Gasteiger partial charge in [-0.05, 0) is 35.3 Å². The van der Waals surface area contributed by atoms with Crippen LogP contribution in [0.15, 0.2) is 54.6 Å². The molecule has 0 saturated carbocycles. The first-order valence-corrected chi connectivity index (χ1v) is 8.47. The molecule has 0 spiro atoms. The molecule has 2 aromatic carbocycles. The minimum atomic E-state index is -3.36. The molecule has 26 heavy (non-hydrogen) atoms. The summed E-state index contributed by atoms with van der Waals surface area (Å²) in [5, 5.41) is 0. The number of halogens is 2. The third-order valence-corrected chi connectivity index (χ3v) is 4.99. The Balaban J connectivity index is 1.70. The standard InChI is InChI=1S/C21H18F2O3/c1-12(2)19(24)20(17-11-25-21(17,22)23)26-18-9-5-8-15-14-7-4-3-6-13(14)10-16(15)18/h3-9,17,20H,1,10-11H2,2H3. The first kappa shape index (κ1) is 16.9. The fourth-order valence-electron chi connectivity index (χ4n) is 3.51. The number of alkyl halides is 2. The highest BCUT2D eigenvalue weighted by atomic mass is 19.3. The zero-order chi connectivity index (χ0) is 18.5. The van der Waals surface area contributed by atoms with E-state index in [9.17, 15) is 13.6 Å². The van der Waals surface area contributed by atoms with Gasteiger partial charge in [-0.15, -0.1) is 0 Å². The third-order valence-electron chi connectivity index (χ3n) is 4.99. The summed E-state index contributed by atoms with van der Waals surface area (Å²) in [5.41, 5.74) is 4.37. The van der Waals surface area contributed by atoms with Gasteiger partial charge in [0.15, 0.2) is 11.9 Å². The SMILES string of the molecule is C=C(C)C(=O)C(Oc1cccc2c1Cc1ccccc1-2)C1COC1(F)F. The van der Waals surface area contributed by atoms with E-state index in [4.69, 9.17) is 4.74 Å². The van der Waals surface area contributed by atoms with E-state index in [1.54, 1.807) is 6.07 Å². The Morgan fingerprint density at radius 3 is 2.62 bits per heavy atom. The molecule has 4 rings (SSSR count). The fraction of sp³-hybridized carbons (Fsp3) is 0.286. The van der Waals surface area contributed by atoms with Crippen molar-refractivity contribution in [3.05, 3.63) is 65.7 Å². The van der Waals surface area contributed by atoms with Crippen LogP contribution in [0.1, 0.15) is 18.1 Å². The van der Waals surface area contributed by atoms with Crippen molar-refractivity contribution < 1.29 is 23.0 Å². The molecule has 3 nitrogen and oxygen atoms in total. The Morgan fingerprint density at radius 2 is 1.96 bits per heavy atom. The van der Waals surface area contributed by atoms with Crippen molar-refractivity contribution in [2.75, 3.05) is 6.61 Å². The summed E-state index contributed by atoms with van der Waals surface area (Å²) in [6.07, 6.45) is -4.03. The van der Waals surface area contributed by atoms with E-state index in [-0.39, 0.29) is 12.2 Å². The quantitative estimate of drug-likeness (QED) is 0.636. The van der Waals surface area contributed by atoms with Gasteiger partial charge in [-0.2, -0.15) is 8.78 Å². The van der Waals surface area contributed by atoms with E-state index in [0.29, 0.717) is 12.2 Å². The van der Waals surface area contributed by atoms with Gasteiger partial charge >= 0.3 is 6.11 Å². The second-order valence-electron chi connectivity index (χ2n) is 6.78. The van der Waals surface area contributed by atoms with Gasteiger partial charge in [0.05, 0.1) is 6.61 Å². The van der Waals surface area contributed by atoms with E-state index < -0.39 is 23.9 Å². The topological polar surface area (TPSA) is 35.5 Å². The maximum absolute atomic E-state index is 13.8. The van der Waals surface area contributed by atoms with Crippen LogP contribution in [0.4, 0.5) is 8.78 Å². The number of Topliss-reactive ketones (excluding diaryl/α,β-unsaturated/α-hetero) is 1. The number of carbonyl (C=O) groups excluding carboxylic acids is 1. The van der Waals surface area contributed by atoms with Gasteiger partial charge in [-0.1, -0.05) is 43.0 Å². The molecule has 0 radical (unpaired) electrons. The van der Waals surface area contributed by atoms with Crippen LogP contribution in [0.2, 0.25) is 0 Å². The number of carbonyl (C=O) groups is 1. The summed E-state index contributed by atoms with van der Waals surface area (Å²) >= 11 is 0. The van der Waals surface area contributed by atoms with Crippen molar-refractivity contribution in [2.45, 2.75) is 25.6 Å². The van der Waals surface area contributed by atoms with E-state index in [0.717, 1.165) is 22.3 Å². The highest BCUT2D eigenvalue weighted by molar-refractivity contribution is 5.98. The average molecular weight is 356 g/mol. The molecule has 0 N–H and O–H groups in total. The largest absolute Gasteiger partial charge is 0.481 e. The lowest BCUT2D eigenvalue weighted by Gasteiger charge is -2.40. The second kappa shape index (κ2) is 6.02. The fourth-order valence-corrected chi connectivity index (χ4v) is 3.51. The third kappa shape index (κ3) is 2.63. The first-order valence-electron chi connectivity index (χ1n) is 8.47. The molecule has 2 unspecified atom stereocenters. The van der Waals surface area contributed by atoms with Crippen LogP contribution < -0.4 is 4.74 Å². The Kier molecular flexibility index (Phi) is 3.92. The summed E-state index contributed by atoms with van der Waals surface area (Å²) in [6, 6.07) is 13.5. The van der Waals surface area contributed by atoms with Crippen LogP contribution in [0.25, 0.3) is 11.1 Å².